The second-order valence-corrected chi connectivity index (χ2v) is 4.39. The van der Waals surface area contributed by atoms with Crippen LogP contribution in [0.2, 0.25) is 0 Å². The zero-order chi connectivity index (χ0) is 14.8. The Balaban J connectivity index is 2.10. The van der Waals surface area contributed by atoms with Crippen molar-refractivity contribution >= 4 is 11.6 Å². The smallest absolute Gasteiger partial charge is 0.338 e. The van der Waals surface area contributed by atoms with Gasteiger partial charge in [-0.1, -0.05) is 12.1 Å². The molecule has 0 aliphatic heterocycles. The Labute approximate surface area is 120 Å². The number of benzene rings is 1. The van der Waals surface area contributed by atoms with Crippen LogP contribution in [0.4, 0.5) is 0 Å². The highest BCUT2D eigenvalue weighted by molar-refractivity contribution is 5.90. The number of fused-ring (bicyclic) bond motifs is 1. The second-order valence-electron chi connectivity index (χ2n) is 4.39. The number of hydrogen-bond donors (Lipinski definition) is 0. The number of aromatic nitrogens is 3. The average Bonchev–Trinajstić information content (AvgIpc) is 2.97. The van der Waals surface area contributed by atoms with Crippen LogP contribution in [0.3, 0.4) is 0 Å². The fraction of sp³-hybridized carbons (Fsp3) is 0.133. The zero-order valence-corrected chi connectivity index (χ0v) is 11.6. The van der Waals surface area contributed by atoms with Crippen LogP contribution in [-0.4, -0.2) is 34.8 Å². The fourth-order valence-electron chi connectivity index (χ4n) is 2.09. The maximum Gasteiger partial charge on any atom is 0.338 e. The molecule has 3 aromatic rings. The summed E-state index contributed by atoms with van der Waals surface area (Å²) in [6.45, 7) is 0. The van der Waals surface area contributed by atoms with Gasteiger partial charge in [-0.25, -0.2) is 4.79 Å². The van der Waals surface area contributed by atoms with Crippen LogP contribution in [0.25, 0.3) is 17.0 Å². The molecule has 6 nitrogen and oxygen atoms in total. The lowest BCUT2D eigenvalue weighted by Gasteiger charge is -2.04. The van der Waals surface area contributed by atoms with Gasteiger partial charge in [0.2, 0.25) is 0 Å². The van der Waals surface area contributed by atoms with Gasteiger partial charge in [0.1, 0.15) is 5.75 Å². The first-order valence-electron chi connectivity index (χ1n) is 6.30. The Morgan fingerprint density at radius 2 is 2.00 bits per heavy atom. The molecule has 0 aliphatic rings. The molecule has 2 aromatic heterocycles. The van der Waals surface area contributed by atoms with Gasteiger partial charge in [-0.15, -0.1) is 10.2 Å². The van der Waals surface area contributed by atoms with Gasteiger partial charge >= 0.3 is 5.97 Å². The molecular formula is C15H13N3O3. The maximum absolute atomic E-state index is 11.5. The molecule has 0 fully saturated rings. The molecule has 0 saturated carbocycles. The standard InChI is InChI=1S/C15H13N3O3/c1-20-12-5-3-4-10(8-12)14-17-16-13-9-11(15(19)21-2)6-7-18(13)14/h3-9H,1-2H3. The SMILES string of the molecule is COC(=O)c1ccn2c(-c3cccc(OC)c3)nnc2c1. The summed E-state index contributed by atoms with van der Waals surface area (Å²) >= 11 is 0. The third-order valence-corrected chi connectivity index (χ3v) is 3.16. The summed E-state index contributed by atoms with van der Waals surface area (Å²) in [5.74, 6) is 1.03. The van der Waals surface area contributed by atoms with E-state index < -0.39 is 5.97 Å². The van der Waals surface area contributed by atoms with Gasteiger partial charge in [0.25, 0.3) is 0 Å². The van der Waals surface area contributed by atoms with Gasteiger partial charge in [0.05, 0.1) is 19.8 Å². The third kappa shape index (κ3) is 2.31. The molecule has 2 heterocycles. The van der Waals surface area contributed by atoms with Crippen LogP contribution in [0, 0.1) is 0 Å². The summed E-state index contributed by atoms with van der Waals surface area (Å²) in [6.07, 6.45) is 1.75. The highest BCUT2D eigenvalue weighted by atomic mass is 16.5. The molecule has 0 atom stereocenters. The first kappa shape index (κ1) is 13.1. The molecule has 106 valence electrons. The Morgan fingerprint density at radius 3 is 2.76 bits per heavy atom. The van der Waals surface area contributed by atoms with Crippen molar-refractivity contribution in [3.05, 3.63) is 48.2 Å². The van der Waals surface area contributed by atoms with Crippen molar-refractivity contribution in [3.8, 4) is 17.1 Å². The molecule has 0 bridgehead atoms. The number of hydrogen-bond acceptors (Lipinski definition) is 5. The number of methoxy groups -OCH3 is 2. The normalized spacial score (nSPS) is 10.6. The van der Waals surface area contributed by atoms with Crippen LogP contribution in [0.15, 0.2) is 42.6 Å². The highest BCUT2D eigenvalue weighted by Gasteiger charge is 2.12. The van der Waals surface area contributed by atoms with Crippen molar-refractivity contribution in [3.63, 3.8) is 0 Å². The molecule has 0 radical (unpaired) electrons. The Kier molecular flexibility index (Phi) is 3.27. The third-order valence-electron chi connectivity index (χ3n) is 3.16. The van der Waals surface area contributed by atoms with E-state index in [4.69, 9.17) is 9.47 Å². The Morgan fingerprint density at radius 1 is 1.14 bits per heavy atom. The van der Waals surface area contributed by atoms with Crippen molar-refractivity contribution in [2.75, 3.05) is 14.2 Å². The predicted octanol–water partition coefficient (Wildman–Crippen LogP) is 2.19. The van der Waals surface area contributed by atoms with E-state index in [1.165, 1.54) is 7.11 Å². The van der Waals surface area contributed by atoms with Crippen LogP contribution in [0.1, 0.15) is 10.4 Å². The lowest BCUT2D eigenvalue weighted by atomic mass is 10.2. The minimum Gasteiger partial charge on any atom is -0.497 e. The molecule has 1 aromatic carbocycles. The zero-order valence-electron chi connectivity index (χ0n) is 11.6. The largest absolute Gasteiger partial charge is 0.497 e. The number of nitrogens with zero attached hydrogens (tertiary/aromatic N) is 3. The van der Waals surface area contributed by atoms with Crippen molar-refractivity contribution in [1.29, 1.82) is 0 Å². The average molecular weight is 283 g/mol. The van der Waals surface area contributed by atoms with Gasteiger partial charge in [-0.3, -0.25) is 4.40 Å². The lowest BCUT2D eigenvalue weighted by Crippen LogP contribution is -2.02. The molecular weight excluding hydrogens is 270 g/mol. The maximum atomic E-state index is 11.5. The van der Waals surface area contributed by atoms with Gasteiger partial charge in [0, 0.05) is 11.8 Å². The highest BCUT2D eigenvalue weighted by Crippen LogP contribution is 2.23. The molecule has 0 spiro atoms. The first-order valence-corrected chi connectivity index (χ1v) is 6.30. The summed E-state index contributed by atoms with van der Waals surface area (Å²) in [6, 6.07) is 10.9. The molecule has 0 saturated heterocycles. The minimum absolute atomic E-state index is 0.400. The number of pyridine rings is 1. The van der Waals surface area contributed by atoms with Crippen LogP contribution in [-0.2, 0) is 4.74 Å². The molecule has 0 amide bonds. The van der Waals surface area contributed by atoms with E-state index in [-0.39, 0.29) is 0 Å². The van der Waals surface area contributed by atoms with Gasteiger partial charge in [-0.2, -0.15) is 0 Å². The predicted molar refractivity (Wildman–Crippen MR) is 76.3 cm³/mol. The van der Waals surface area contributed by atoms with Crippen molar-refractivity contribution < 1.29 is 14.3 Å². The van der Waals surface area contributed by atoms with Crippen LogP contribution >= 0.6 is 0 Å². The van der Waals surface area contributed by atoms with Crippen molar-refractivity contribution in [1.82, 2.24) is 14.6 Å². The number of carbonyl (C=O) groups is 1. The van der Waals surface area contributed by atoms with Crippen molar-refractivity contribution in [2.24, 2.45) is 0 Å². The lowest BCUT2D eigenvalue weighted by molar-refractivity contribution is 0.0600. The number of esters is 1. The van der Waals surface area contributed by atoms with E-state index in [0.29, 0.717) is 17.0 Å². The van der Waals surface area contributed by atoms with Crippen molar-refractivity contribution in [2.45, 2.75) is 0 Å². The Hall–Kier alpha value is -2.89. The summed E-state index contributed by atoms with van der Waals surface area (Å²) < 4.78 is 11.7. The second kappa shape index (κ2) is 5.24. The summed E-state index contributed by atoms with van der Waals surface area (Å²) in [4.78, 5) is 11.5. The van der Waals surface area contributed by atoms with E-state index in [1.807, 2.05) is 24.3 Å². The van der Waals surface area contributed by atoms with Gasteiger partial charge in [0.15, 0.2) is 11.5 Å². The molecule has 3 rings (SSSR count). The van der Waals surface area contributed by atoms with Crippen LogP contribution < -0.4 is 4.74 Å². The quantitative estimate of drug-likeness (QED) is 0.689. The van der Waals surface area contributed by atoms with E-state index in [2.05, 4.69) is 10.2 Å². The summed E-state index contributed by atoms with van der Waals surface area (Å²) in [7, 11) is 2.96. The monoisotopic (exact) mass is 283 g/mol. The van der Waals surface area contributed by atoms with Gasteiger partial charge < -0.3 is 9.47 Å². The molecule has 0 aliphatic carbocycles. The minimum atomic E-state index is -0.400. The van der Waals surface area contributed by atoms with Gasteiger partial charge in [-0.05, 0) is 24.3 Å². The van der Waals surface area contributed by atoms with E-state index >= 15 is 0 Å². The van der Waals surface area contributed by atoms with E-state index in [0.717, 1.165) is 11.3 Å². The number of rotatable bonds is 3. The summed E-state index contributed by atoms with van der Waals surface area (Å²) in [5, 5.41) is 8.26. The molecule has 6 heteroatoms. The van der Waals surface area contributed by atoms with Crippen LogP contribution in [0.5, 0.6) is 5.75 Å². The number of ether oxygens (including phenoxy) is 2. The molecule has 21 heavy (non-hydrogen) atoms. The number of carbonyl (C=O) groups excluding carboxylic acids is 1. The molecule has 0 unspecified atom stereocenters. The topological polar surface area (TPSA) is 65.7 Å². The fourth-order valence-corrected chi connectivity index (χ4v) is 2.09. The van der Waals surface area contributed by atoms with E-state index in [1.54, 1.807) is 29.8 Å². The Bertz CT molecular complexity index is 811. The first-order chi connectivity index (χ1) is 10.2. The summed E-state index contributed by atoms with van der Waals surface area (Å²) in [5.41, 5.74) is 1.90. The molecule has 0 N–H and O–H groups in total. The van der Waals surface area contributed by atoms with E-state index in [9.17, 15) is 4.79 Å².